The summed E-state index contributed by atoms with van der Waals surface area (Å²) < 4.78 is 4.85. The molecule has 0 fully saturated rings. The lowest BCUT2D eigenvalue weighted by Crippen LogP contribution is -2.42. The second-order valence-electron chi connectivity index (χ2n) is 3.52. The number of carbonyl (C=O) groups is 1. The van der Waals surface area contributed by atoms with Gasteiger partial charge in [0.15, 0.2) is 0 Å². The van der Waals surface area contributed by atoms with E-state index in [9.17, 15) is 4.79 Å². The summed E-state index contributed by atoms with van der Waals surface area (Å²) in [6.07, 6.45) is 0. The average molecular weight is 214 g/mol. The van der Waals surface area contributed by atoms with Crippen LogP contribution in [0.5, 0.6) is 0 Å². The monoisotopic (exact) mass is 214 g/mol. The molecule has 1 N–H and O–H groups in total. The molecule has 0 aromatic rings. The smallest absolute Gasteiger partial charge is 0.323 e. The van der Waals surface area contributed by atoms with Crippen LogP contribution in [-0.2, 0) is 9.53 Å². The third-order valence-corrected chi connectivity index (χ3v) is 1.67. The minimum Gasteiger partial charge on any atom is -0.465 e. The van der Waals surface area contributed by atoms with Gasteiger partial charge in [-0.05, 0) is 24.9 Å². The highest BCUT2D eigenvalue weighted by molar-refractivity contribution is 5.76. The molecule has 1 atom stereocenters. The molecule has 0 amide bonds. The highest BCUT2D eigenvalue weighted by Gasteiger charge is 2.18. The molecule has 6 nitrogen and oxygen atoms in total. The second kappa shape index (κ2) is 8.08. The largest absolute Gasteiger partial charge is 0.465 e. The van der Waals surface area contributed by atoms with Gasteiger partial charge in [0.05, 0.1) is 13.2 Å². The van der Waals surface area contributed by atoms with Gasteiger partial charge in [0, 0.05) is 4.91 Å². The first-order chi connectivity index (χ1) is 7.11. The molecule has 0 aliphatic rings. The molecule has 0 saturated carbocycles. The van der Waals surface area contributed by atoms with Crippen LogP contribution in [-0.4, -0.2) is 31.7 Å². The van der Waals surface area contributed by atoms with E-state index in [1.54, 1.807) is 6.92 Å². The molecule has 0 heterocycles. The lowest BCUT2D eigenvalue weighted by molar-refractivity contribution is -0.145. The van der Waals surface area contributed by atoms with E-state index in [-0.39, 0.29) is 12.5 Å². The normalized spacial score (nSPS) is 12.0. The van der Waals surface area contributed by atoms with Gasteiger partial charge in [-0.1, -0.05) is 19.0 Å². The minimum absolute atomic E-state index is 0.0854. The minimum atomic E-state index is -0.539. The van der Waals surface area contributed by atoms with Crippen LogP contribution in [0.15, 0.2) is 5.11 Å². The Balaban J connectivity index is 4.16. The molecular formula is C9H18N4O2. The van der Waals surface area contributed by atoms with Crippen molar-refractivity contribution in [3.63, 3.8) is 0 Å². The fourth-order valence-electron chi connectivity index (χ4n) is 0.961. The van der Waals surface area contributed by atoms with Crippen LogP contribution in [0, 0.1) is 5.92 Å². The molecule has 0 aromatic carbocycles. The molecule has 0 aliphatic heterocycles. The van der Waals surface area contributed by atoms with E-state index >= 15 is 0 Å². The fourth-order valence-corrected chi connectivity index (χ4v) is 0.961. The van der Waals surface area contributed by atoms with Crippen LogP contribution in [0.4, 0.5) is 0 Å². The molecule has 0 bridgehead atoms. The molecule has 0 spiro atoms. The van der Waals surface area contributed by atoms with Crippen LogP contribution in [0.3, 0.4) is 0 Å². The van der Waals surface area contributed by atoms with Crippen molar-refractivity contribution < 1.29 is 9.53 Å². The van der Waals surface area contributed by atoms with E-state index in [1.165, 1.54) is 0 Å². The molecule has 15 heavy (non-hydrogen) atoms. The number of hydrogen-bond donors (Lipinski definition) is 1. The Morgan fingerprint density at radius 3 is 2.73 bits per heavy atom. The average Bonchev–Trinajstić information content (AvgIpc) is 2.17. The van der Waals surface area contributed by atoms with Crippen LogP contribution in [0.2, 0.25) is 0 Å². The molecule has 0 aromatic heterocycles. The highest BCUT2D eigenvalue weighted by Crippen LogP contribution is 1.95. The van der Waals surface area contributed by atoms with Crippen LogP contribution in [0.25, 0.3) is 10.4 Å². The number of esters is 1. The maximum atomic E-state index is 11.4. The molecule has 86 valence electrons. The summed E-state index contributed by atoms with van der Waals surface area (Å²) in [6, 6.07) is -0.539. The number of nitrogens with one attached hydrogen (secondary N) is 1. The quantitative estimate of drug-likeness (QED) is 0.301. The fraction of sp³-hybridized carbons (Fsp3) is 0.889. The van der Waals surface area contributed by atoms with Gasteiger partial charge in [-0.15, -0.1) is 0 Å². The van der Waals surface area contributed by atoms with Gasteiger partial charge in [-0.2, -0.15) is 0 Å². The Labute approximate surface area is 89.6 Å². The standard InChI is InChI=1S/C9H18N4O2/c1-4-15-9(14)8(6-12-13-10)11-5-7(2)3/h7-8,11H,4-6H2,1-3H3. The molecule has 1 unspecified atom stereocenters. The van der Waals surface area contributed by atoms with Crippen molar-refractivity contribution in [2.45, 2.75) is 26.8 Å². The van der Waals surface area contributed by atoms with Gasteiger partial charge in [0.1, 0.15) is 6.04 Å². The SMILES string of the molecule is CCOC(=O)C(CN=[N+]=[N-])NCC(C)C. The number of rotatable bonds is 7. The Morgan fingerprint density at radius 1 is 1.60 bits per heavy atom. The summed E-state index contributed by atoms with van der Waals surface area (Å²) in [5.74, 6) is 0.0542. The van der Waals surface area contributed by atoms with Crippen LogP contribution in [0.1, 0.15) is 20.8 Å². The Bertz CT molecular complexity index is 236. The van der Waals surface area contributed by atoms with Crippen molar-refractivity contribution in [3.05, 3.63) is 10.4 Å². The molecule has 0 rings (SSSR count). The van der Waals surface area contributed by atoms with E-state index < -0.39 is 6.04 Å². The lowest BCUT2D eigenvalue weighted by atomic mass is 10.2. The summed E-state index contributed by atoms with van der Waals surface area (Å²) >= 11 is 0. The Hall–Kier alpha value is -1.26. The van der Waals surface area contributed by atoms with E-state index in [4.69, 9.17) is 10.3 Å². The zero-order valence-electron chi connectivity index (χ0n) is 9.43. The predicted molar refractivity (Wildman–Crippen MR) is 57.3 cm³/mol. The first-order valence-corrected chi connectivity index (χ1v) is 5.02. The third-order valence-electron chi connectivity index (χ3n) is 1.67. The van der Waals surface area contributed by atoms with Gasteiger partial charge in [-0.3, -0.25) is 4.79 Å². The summed E-state index contributed by atoms with van der Waals surface area (Å²) in [5, 5.41) is 6.37. The summed E-state index contributed by atoms with van der Waals surface area (Å²) in [7, 11) is 0. The van der Waals surface area contributed by atoms with Crippen LogP contribution >= 0.6 is 0 Å². The number of ether oxygens (including phenoxy) is 1. The number of nitrogens with zero attached hydrogens (tertiary/aromatic N) is 3. The maximum absolute atomic E-state index is 11.4. The molecule has 0 aliphatic carbocycles. The van der Waals surface area contributed by atoms with E-state index in [0.29, 0.717) is 19.1 Å². The van der Waals surface area contributed by atoms with Crippen molar-refractivity contribution in [2.75, 3.05) is 19.7 Å². The van der Waals surface area contributed by atoms with Gasteiger partial charge < -0.3 is 10.1 Å². The van der Waals surface area contributed by atoms with Gasteiger partial charge in [0.25, 0.3) is 0 Å². The summed E-state index contributed by atoms with van der Waals surface area (Å²) in [4.78, 5) is 14.0. The number of hydrogen-bond acceptors (Lipinski definition) is 4. The maximum Gasteiger partial charge on any atom is 0.323 e. The molecule has 6 heteroatoms. The molecule has 0 saturated heterocycles. The van der Waals surface area contributed by atoms with Crippen molar-refractivity contribution in [1.29, 1.82) is 0 Å². The van der Waals surface area contributed by atoms with Crippen molar-refractivity contribution in [2.24, 2.45) is 11.0 Å². The summed E-state index contributed by atoms with van der Waals surface area (Å²) in [6.45, 7) is 6.90. The van der Waals surface area contributed by atoms with Gasteiger partial charge >= 0.3 is 5.97 Å². The van der Waals surface area contributed by atoms with Crippen molar-refractivity contribution >= 4 is 5.97 Å². The van der Waals surface area contributed by atoms with E-state index in [2.05, 4.69) is 15.3 Å². The van der Waals surface area contributed by atoms with E-state index in [0.717, 1.165) is 0 Å². The highest BCUT2D eigenvalue weighted by atomic mass is 16.5. The molecular weight excluding hydrogens is 196 g/mol. The van der Waals surface area contributed by atoms with Gasteiger partial charge in [-0.25, -0.2) is 0 Å². The zero-order chi connectivity index (χ0) is 11.7. The number of carbonyl (C=O) groups excluding carboxylic acids is 1. The number of azide groups is 1. The third kappa shape index (κ3) is 6.76. The first kappa shape index (κ1) is 13.7. The second-order valence-corrected chi connectivity index (χ2v) is 3.52. The molecule has 0 radical (unpaired) electrons. The summed E-state index contributed by atoms with van der Waals surface area (Å²) in [5.41, 5.74) is 8.18. The predicted octanol–water partition coefficient (Wildman–Crippen LogP) is 1.47. The van der Waals surface area contributed by atoms with Crippen molar-refractivity contribution in [1.82, 2.24) is 5.32 Å². The lowest BCUT2D eigenvalue weighted by Gasteiger charge is -2.16. The van der Waals surface area contributed by atoms with Crippen LogP contribution < -0.4 is 5.32 Å². The topological polar surface area (TPSA) is 87.1 Å². The van der Waals surface area contributed by atoms with Crippen molar-refractivity contribution in [3.8, 4) is 0 Å². The Kier molecular flexibility index (Phi) is 7.40. The first-order valence-electron chi connectivity index (χ1n) is 5.02. The zero-order valence-corrected chi connectivity index (χ0v) is 9.43. The van der Waals surface area contributed by atoms with E-state index in [1.807, 2.05) is 13.8 Å². The Morgan fingerprint density at radius 2 is 2.27 bits per heavy atom. The van der Waals surface area contributed by atoms with Gasteiger partial charge in [0.2, 0.25) is 0 Å².